The topological polar surface area (TPSA) is 40.5 Å². The lowest BCUT2D eigenvalue weighted by molar-refractivity contribution is -0.138. The third-order valence-corrected chi connectivity index (χ3v) is 4.21. The van der Waals surface area contributed by atoms with Gasteiger partial charge in [0, 0.05) is 5.56 Å². The molecule has 140 valence electrons. The third kappa shape index (κ3) is 6.40. The number of halogens is 1. The molecule has 0 saturated carbocycles. The van der Waals surface area contributed by atoms with Crippen molar-refractivity contribution in [2.75, 3.05) is 13.6 Å². The molecule has 0 heterocycles. The summed E-state index contributed by atoms with van der Waals surface area (Å²) in [6, 6.07) is 13.9. The highest BCUT2D eigenvalue weighted by Crippen LogP contribution is 2.21. The standard InChI is InChI=1S/C23H24FNO2/c1-17(2)19-13-11-18(12-14-19)7-4-5-10-22(25(3)16-23(26)27)20-8-6-9-21(24)15-20/h5-6,8-15,17,22H,16H2,1-3H3,(H,26,27)/b10-5+. The highest BCUT2D eigenvalue weighted by molar-refractivity contribution is 5.69. The number of carbonyl (C=O) groups is 1. The minimum absolute atomic E-state index is 0.157. The van der Waals surface area contributed by atoms with Crippen LogP contribution in [0.3, 0.4) is 0 Å². The van der Waals surface area contributed by atoms with Gasteiger partial charge in [0.05, 0.1) is 12.6 Å². The zero-order valence-electron chi connectivity index (χ0n) is 15.8. The third-order valence-electron chi connectivity index (χ3n) is 4.21. The maximum Gasteiger partial charge on any atom is 0.317 e. The number of carboxylic acid groups (broad SMARTS) is 1. The molecule has 0 bridgehead atoms. The van der Waals surface area contributed by atoms with Crippen LogP contribution >= 0.6 is 0 Å². The first-order chi connectivity index (χ1) is 12.9. The molecule has 0 saturated heterocycles. The Hall–Kier alpha value is -2.90. The van der Waals surface area contributed by atoms with Crippen LogP contribution in [0.25, 0.3) is 0 Å². The minimum atomic E-state index is -0.941. The first-order valence-corrected chi connectivity index (χ1v) is 8.82. The van der Waals surface area contributed by atoms with E-state index in [4.69, 9.17) is 5.11 Å². The molecule has 2 aromatic carbocycles. The van der Waals surface area contributed by atoms with Crippen molar-refractivity contribution in [1.82, 2.24) is 4.90 Å². The second kappa shape index (κ2) is 9.70. The number of aliphatic carboxylic acids is 1. The van der Waals surface area contributed by atoms with Crippen LogP contribution in [-0.4, -0.2) is 29.6 Å². The highest BCUT2D eigenvalue weighted by Gasteiger charge is 2.16. The molecule has 0 spiro atoms. The maximum absolute atomic E-state index is 13.6. The van der Waals surface area contributed by atoms with E-state index in [2.05, 4.69) is 37.8 Å². The van der Waals surface area contributed by atoms with E-state index in [0.29, 0.717) is 11.5 Å². The van der Waals surface area contributed by atoms with Gasteiger partial charge in [-0.15, -0.1) is 0 Å². The summed E-state index contributed by atoms with van der Waals surface area (Å²) >= 11 is 0. The quantitative estimate of drug-likeness (QED) is 0.760. The van der Waals surface area contributed by atoms with Crippen molar-refractivity contribution in [2.24, 2.45) is 0 Å². The van der Waals surface area contributed by atoms with E-state index in [0.717, 1.165) is 5.56 Å². The summed E-state index contributed by atoms with van der Waals surface area (Å²) in [5, 5.41) is 9.05. The Balaban J connectivity index is 2.18. The summed E-state index contributed by atoms with van der Waals surface area (Å²) in [7, 11) is 1.69. The molecule has 0 radical (unpaired) electrons. The molecule has 0 aliphatic rings. The molecule has 2 rings (SSSR count). The van der Waals surface area contributed by atoms with Crippen LogP contribution in [-0.2, 0) is 4.79 Å². The summed E-state index contributed by atoms with van der Waals surface area (Å²) in [4.78, 5) is 12.7. The fourth-order valence-electron chi connectivity index (χ4n) is 2.73. The van der Waals surface area contributed by atoms with Gasteiger partial charge in [-0.3, -0.25) is 9.69 Å². The van der Waals surface area contributed by atoms with Crippen molar-refractivity contribution >= 4 is 5.97 Å². The van der Waals surface area contributed by atoms with Crippen LogP contribution < -0.4 is 0 Å². The molecule has 1 N–H and O–H groups in total. The van der Waals surface area contributed by atoms with E-state index in [1.54, 1.807) is 36.2 Å². The highest BCUT2D eigenvalue weighted by atomic mass is 19.1. The summed E-state index contributed by atoms with van der Waals surface area (Å²) in [5.41, 5.74) is 2.85. The van der Waals surface area contributed by atoms with Crippen LogP contribution in [0.4, 0.5) is 4.39 Å². The number of carboxylic acids is 1. The Morgan fingerprint density at radius 1 is 1.19 bits per heavy atom. The molecule has 3 nitrogen and oxygen atoms in total. The van der Waals surface area contributed by atoms with Gasteiger partial charge in [0.1, 0.15) is 5.82 Å². The van der Waals surface area contributed by atoms with Gasteiger partial charge in [0.15, 0.2) is 0 Å². The van der Waals surface area contributed by atoms with Crippen LogP contribution in [0.1, 0.15) is 42.5 Å². The Bertz CT molecular complexity index is 860. The van der Waals surface area contributed by atoms with E-state index >= 15 is 0 Å². The van der Waals surface area contributed by atoms with Crippen LogP contribution in [0.2, 0.25) is 0 Å². The second-order valence-corrected chi connectivity index (χ2v) is 6.71. The molecule has 2 aromatic rings. The normalized spacial score (nSPS) is 12.2. The lowest BCUT2D eigenvalue weighted by atomic mass is 10.0. The van der Waals surface area contributed by atoms with Crippen LogP contribution in [0.15, 0.2) is 60.7 Å². The van der Waals surface area contributed by atoms with E-state index in [-0.39, 0.29) is 18.4 Å². The first-order valence-electron chi connectivity index (χ1n) is 8.82. The monoisotopic (exact) mass is 365 g/mol. The number of rotatable bonds is 6. The van der Waals surface area contributed by atoms with E-state index in [1.807, 2.05) is 12.1 Å². The van der Waals surface area contributed by atoms with E-state index in [9.17, 15) is 9.18 Å². The van der Waals surface area contributed by atoms with Gasteiger partial charge in [-0.25, -0.2) is 4.39 Å². The molecule has 0 amide bonds. The number of hydrogen-bond acceptors (Lipinski definition) is 2. The first kappa shape index (κ1) is 20.4. The van der Waals surface area contributed by atoms with Crippen molar-refractivity contribution in [3.8, 4) is 11.8 Å². The lowest BCUT2D eigenvalue weighted by Crippen LogP contribution is -2.29. The number of likely N-dealkylation sites (N-methyl/N-ethyl adjacent to an activating group) is 1. The minimum Gasteiger partial charge on any atom is -0.480 e. The van der Waals surface area contributed by atoms with Crippen molar-refractivity contribution in [2.45, 2.75) is 25.8 Å². The molecule has 27 heavy (non-hydrogen) atoms. The Labute approximate surface area is 160 Å². The van der Waals surface area contributed by atoms with Gasteiger partial charge in [-0.05, 0) is 54.4 Å². The van der Waals surface area contributed by atoms with Gasteiger partial charge < -0.3 is 5.11 Å². The Morgan fingerprint density at radius 3 is 2.48 bits per heavy atom. The van der Waals surface area contributed by atoms with Gasteiger partial charge >= 0.3 is 5.97 Å². The van der Waals surface area contributed by atoms with E-state index < -0.39 is 5.97 Å². The van der Waals surface area contributed by atoms with Gasteiger partial charge in [0.25, 0.3) is 0 Å². The molecule has 1 atom stereocenters. The molecule has 4 heteroatoms. The average molecular weight is 365 g/mol. The van der Waals surface area contributed by atoms with Gasteiger partial charge in [0.2, 0.25) is 0 Å². The zero-order valence-corrected chi connectivity index (χ0v) is 15.8. The fraction of sp³-hybridized carbons (Fsp3) is 0.261. The largest absolute Gasteiger partial charge is 0.480 e. The van der Waals surface area contributed by atoms with Crippen molar-refractivity contribution in [1.29, 1.82) is 0 Å². The van der Waals surface area contributed by atoms with Crippen molar-refractivity contribution in [3.05, 3.63) is 83.2 Å². The van der Waals surface area contributed by atoms with Crippen LogP contribution in [0, 0.1) is 17.7 Å². The Kier molecular flexibility index (Phi) is 7.34. The maximum atomic E-state index is 13.6. The van der Waals surface area contributed by atoms with Crippen LogP contribution in [0.5, 0.6) is 0 Å². The summed E-state index contributed by atoms with van der Waals surface area (Å²) < 4.78 is 13.6. The molecule has 0 aromatic heterocycles. The Morgan fingerprint density at radius 2 is 1.89 bits per heavy atom. The molecule has 1 unspecified atom stereocenters. The average Bonchev–Trinajstić information content (AvgIpc) is 2.61. The molecule has 0 aliphatic heterocycles. The number of allylic oxidation sites excluding steroid dienone is 1. The zero-order chi connectivity index (χ0) is 19.8. The second-order valence-electron chi connectivity index (χ2n) is 6.71. The smallest absolute Gasteiger partial charge is 0.317 e. The number of hydrogen-bond donors (Lipinski definition) is 1. The number of benzene rings is 2. The van der Waals surface area contributed by atoms with Crippen molar-refractivity contribution in [3.63, 3.8) is 0 Å². The van der Waals surface area contributed by atoms with Gasteiger partial charge in [-0.2, -0.15) is 0 Å². The molecule has 0 fully saturated rings. The summed E-state index contributed by atoms with van der Waals surface area (Å²) in [6.07, 6.45) is 3.47. The van der Waals surface area contributed by atoms with Gasteiger partial charge in [-0.1, -0.05) is 56.0 Å². The predicted molar refractivity (Wildman–Crippen MR) is 106 cm³/mol. The van der Waals surface area contributed by atoms with E-state index in [1.165, 1.54) is 17.7 Å². The summed E-state index contributed by atoms with van der Waals surface area (Å²) in [6.45, 7) is 4.13. The molecule has 0 aliphatic carbocycles. The predicted octanol–water partition coefficient (Wildman–Crippen LogP) is 4.61. The SMILES string of the molecule is CC(C)c1ccc(C#C/C=C/C(c2cccc(F)c2)N(C)CC(=O)O)cc1. The fourth-order valence-corrected chi connectivity index (χ4v) is 2.73. The molecular formula is C23H24FNO2. The molecular weight excluding hydrogens is 341 g/mol. The van der Waals surface area contributed by atoms with Crippen molar-refractivity contribution < 1.29 is 14.3 Å². The lowest BCUT2D eigenvalue weighted by Gasteiger charge is -2.24. The summed E-state index contributed by atoms with van der Waals surface area (Å²) in [5.74, 6) is 5.22. The number of nitrogens with zero attached hydrogens (tertiary/aromatic N) is 1.